The molecule has 0 aliphatic carbocycles. The van der Waals surface area contributed by atoms with E-state index >= 15 is 0 Å². The summed E-state index contributed by atoms with van der Waals surface area (Å²) in [5, 5.41) is 0. The lowest BCUT2D eigenvalue weighted by Gasteiger charge is -2.11. The average molecular weight is 372 g/mol. The molecule has 0 unspecified atom stereocenters. The Kier molecular flexibility index (Phi) is 5.29. The molecular weight excluding hydrogens is 355 g/mol. The summed E-state index contributed by atoms with van der Waals surface area (Å²) >= 11 is 0. The topological polar surface area (TPSA) is 68.3 Å². The second kappa shape index (κ2) is 7.63. The van der Waals surface area contributed by atoms with Crippen molar-refractivity contribution in [3.63, 3.8) is 0 Å². The highest BCUT2D eigenvalue weighted by atomic mass is 32.2. The van der Waals surface area contributed by atoms with Crippen molar-refractivity contribution in [2.24, 2.45) is 0 Å². The van der Waals surface area contributed by atoms with Gasteiger partial charge in [-0.3, -0.25) is 0 Å². The quantitative estimate of drug-likeness (QED) is 0.715. The van der Waals surface area contributed by atoms with Gasteiger partial charge in [-0.25, -0.2) is 22.5 Å². The molecule has 0 saturated heterocycles. The van der Waals surface area contributed by atoms with Crippen molar-refractivity contribution in [1.82, 2.24) is 9.71 Å². The van der Waals surface area contributed by atoms with Crippen LogP contribution in [0, 0.1) is 12.7 Å². The Bertz CT molecular complexity index is 1010. The number of aromatic nitrogens is 1. The van der Waals surface area contributed by atoms with Gasteiger partial charge in [0.15, 0.2) is 0 Å². The smallest absolute Gasteiger partial charge is 0.240 e. The lowest BCUT2D eigenvalue weighted by molar-refractivity contribution is 0.451. The van der Waals surface area contributed by atoms with Crippen LogP contribution in [0.15, 0.2) is 71.8 Å². The van der Waals surface area contributed by atoms with Gasteiger partial charge in [-0.2, -0.15) is 0 Å². The third-order valence-corrected chi connectivity index (χ3v) is 5.06. The molecule has 5 nitrogen and oxygen atoms in total. The van der Waals surface area contributed by atoms with Crippen LogP contribution in [0.4, 0.5) is 4.39 Å². The summed E-state index contributed by atoms with van der Waals surface area (Å²) in [4.78, 5) is 4.29. The van der Waals surface area contributed by atoms with E-state index in [4.69, 9.17) is 4.74 Å². The van der Waals surface area contributed by atoms with Crippen LogP contribution in [0.3, 0.4) is 0 Å². The summed E-state index contributed by atoms with van der Waals surface area (Å²) in [7, 11) is -3.66. The van der Waals surface area contributed by atoms with Crippen molar-refractivity contribution in [2.75, 3.05) is 0 Å². The van der Waals surface area contributed by atoms with Crippen LogP contribution < -0.4 is 9.46 Å². The van der Waals surface area contributed by atoms with Crippen molar-refractivity contribution in [1.29, 1.82) is 0 Å². The van der Waals surface area contributed by atoms with Crippen molar-refractivity contribution >= 4 is 10.0 Å². The number of benzene rings is 2. The highest BCUT2D eigenvalue weighted by Gasteiger charge is 2.15. The molecule has 26 heavy (non-hydrogen) atoms. The maximum Gasteiger partial charge on any atom is 0.240 e. The molecule has 1 N–H and O–H groups in total. The highest BCUT2D eigenvalue weighted by molar-refractivity contribution is 7.89. The van der Waals surface area contributed by atoms with E-state index in [9.17, 15) is 12.8 Å². The van der Waals surface area contributed by atoms with Crippen LogP contribution in [0.1, 0.15) is 11.1 Å². The second-order valence-corrected chi connectivity index (χ2v) is 7.43. The molecule has 7 heteroatoms. The summed E-state index contributed by atoms with van der Waals surface area (Å²) in [5.41, 5.74) is 1.51. The number of rotatable bonds is 6. The third kappa shape index (κ3) is 4.44. The molecule has 0 atom stereocenters. The average Bonchev–Trinajstić information content (AvgIpc) is 2.61. The Morgan fingerprint density at radius 2 is 1.85 bits per heavy atom. The second-order valence-electron chi connectivity index (χ2n) is 5.66. The van der Waals surface area contributed by atoms with Gasteiger partial charge in [-0.15, -0.1) is 0 Å². The van der Waals surface area contributed by atoms with E-state index in [1.165, 1.54) is 24.4 Å². The van der Waals surface area contributed by atoms with Gasteiger partial charge in [0, 0.05) is 24.4 Å². The Labute approximate surface area is 151 Å². The molecule has 3 aromatic rings. The van der Waals surface area contributed by atoms with E-state index in [0.717, 1.165) is 5.56 Å². The molecule has 0 radical (unpaired) electrons. The number of ether oxygens (including phenoxy) is 1. The molecular formula is C19H17FN2O3S. The summed E-state index contributed by atoms with van der Waals surface area (Å²) in [6.45, 7) is 1.88. The predicted molar refractivity (Wildman–Crippen MR) is 95.9 cm³/mol. The number of sulfonamides is 1. The van der Waals surface area contributed by atoms with Crippen LogP contribution in [-0.2, 0) is 16.6 Å². The van der Waals surface area contributed by atoms with E-state index in [-0.39, 0.29) is 23.1 Å². The molecule has 0 spiro atoms. The fraction of sp³-hybridized carbons (Fsp3) is 0.105. The minimum Gasteiger partial charge on any atom is -0.439 e. The van der Waals surface area contributed by atoms with E-state index in [1.807, 2.05) is 6.92 Å². The van der Waals surface area contributed by atoms with Crippen molar-refractivity contribution in [3.05, 3.63) is 83.8 Å². The normalized spacial score (nSPS) is 11.3. The van der Waals surface area contributed by atoms with Gasteiger partial charge in [0.2, 0.25) is 15.9 Å². The summed E-state index contributed by atoms with van der Waals surface area (Å²) < 4.78 is 46.2. The molecule has 2 aromatic carbocycles. The molecule has 0 aliphatic heterocycles. The Morgan fingerprint density at radius 3 is 2.58 bits per heavy atom. The third-order valence-electron chi connectivity index (χ3n) is 3.64. The van der Waals surface area contributed by atoms with Gasteiger partial charge in [-0.05, 0) is 37.3 Å². The van der Waals surface area contributed by atoms with E-state index < -0.39 is 15.8 Å². The number of hydrogen-bond donors (Lipinski definition) is 1. The van der Waals surface area contributed by atoms with Gasteiger partial charge >= 0.3 is 0 Å². The van der Waals surface area contributed by atoms with Gasteiger partial charge in [0.1, 0.15) is 11.6 Å². The molecule has 0 amide bonds. The number of halogens is 1. The van der Waals surface area contributed by atoms with Crippen molar-refractivity contribution in [2.45, 2.75) is 18.4 Å². The minimum atomic E-state index is -3.66. The Hall–Kier alpha value is -2.77. The molecule has 134 valence electrons. The van der Waals surface area contributed by atoms with Crippen LogP contribution >= 0.6 is 0 Å². The number of hydrogen-bond acceptors (Lipinski definition) is 4. The SMILES string of the molecule is Cc1ccc(S(=O)(=O)NCc2cccnc2Oc2cccc(F)c2)cc1. The summed E-state index contributed by atoms with van der Waals surface area (Å²) in [5.74, 6) is 0.0658. The number of aryl methyl sites for hydroxylation is 1. The zero-order valence-corrected chi connectivity index (χ0v) is 14.8. The maximum atomic E-state index is 13.3. The lowest BCUT2D eigenvalue weighted by Crippen LogP contribution is -2.23. The molecule has 0 fully saturated rings. The number of nitrogens with one attached hydrogen (secondary N) is 1. The first-order valence-corrected chi connectivity index (χ1v) is 9.36. The number of pyridine rings is 1. The van der Waals surface area contributed by atoms with E-state index in [0.29, 0.717) is 5.56 Å². The van der Waals surface area contributed by atoms with Crippen molar-refractivity contribution in [3.8, 4) is 11.6 Å². The maximum absolute atomic E-state index is 13.3. The van der Waals surface area contributed by atoms with Crippen LogP contribution in [-0.4, -0.2) is 13.4 Å². The predicted octanol–water partition coefficient (Wildman–Crippen LogP) is 3.80. The van der Waals surface area contributed by atoms with Crippen molar-refractivity contribution < 1.29 is 17.5 Å². The highest BCUT2D eigenvalue weighted by Crippen LogP contribution is 2.23. The fourth-order valence-corrected chi connectivity index (χ4v) is 3.27. The van der Waals surface area contributed by atoms with Gasteiger partial charge in [0.25, 0.3) is 0 Å². The standard InChI is InChI=1S/C19H17FN2O3S/c1-14-7-9-18(10-8-14)26(23,24)22-13-15-4-3-11-21-19(15)25-17-6-2-5-16(20)12-17/h2-12,22H,13H2,1H3. The monoisotopic (exact) mass is 372 g/mol. The molecule has 3 rings (SSSR count). The van der Waals surface area contributed by atoms with E-state index in [2.05, 4.69) is 9.71 Å². The zero-order valence-electron chi connectivity index (χ0n) is 14.0. The zero-order chi connectivity index (χ0) is 18.6. The first-order valence-electron chi connectivity index (χ1n) is 7.88. The first-order chi connectivity index (χ1) is 12.4. The molecule has 1 aromatic heterocycles. The molecule has 0 bridgehead atoms. The fourth-order valence-electron chi connectivity index (χ4n) is 2.27. The van der Waals surface area contributed by atoms with E-state index in [1.54, 1.807) is 42.5 Å². The van der Waals surface area contributed by atoms with Gasteiger partial charge in [0.05, 0.1) is 4.90 Å². The van der Waals surface area contributed by atoms with Crippen LogP contribution in [0.25, 0.3) is 0 Å². The van der Waals surface area contributed by atoms with Crippen LogP contribution in [0.5, 0.6) is 11.6 Å². The van der Waals surface area contributed by atoms with Gasteiger partial charge in [-0.1, -0.05) is 29.8 Å². The lowest BCUT2D eigenvalue weighted by atomic mass is 10.2. The molecule has 0 aliphatic rings. The molecule has 1 heterocycles. The summed E-state index contributed by atoms with van der Waals surface area (Å²) in [6, 6.07) is 15.6. The van der Waals surface area contributed by atoms with Crippen LogP contribution in [0.2, 0.25) is 0 Å². The van der Waals surface area contributed by atoms with Gasteiger partial charge < -0.3 is 4.74 Å². The summed E-state index contributed by atoms with van der Waals surface area (Å²) in [6.07, 6.45) is 1.52. The molecule has 0 saturated carbocycles. The first kappa shape index (κ1) is 18.0. The largest absolute Gasteiger partial charge is 0.439 e. The minimum absolute atomic E-state index is 0.00526. The Balaban J connectivity index is 1.77. The number of nitrogens with zero attached hydrogens (tertiary/aromatic N) is 1. The Morgan fingerprint density at radius 1 is 1.08 bits per heavy atom.